The third kappa shape index (κ3) is 8.48. The first-order valence-electron chi connectivity index (χ1n) is 8.22. The summed E-state index contributed by atoms with van der Waals surface area (Å²) in [5.41, 5.74) is 0. The minimum atomic E-state index is -5.03. The Hall–Kier alpha value is -2.01. The highest BCUT2D eigenvalue weighted by Crippen LogP contribution is 2.29. The second-order valence-electron chi connectivity index (χ2n) is 6.04. The lowest BCUT2D eigenvalue weighted by Gasteiger charge is -2.21. The Balaban J connectivity index is 2.93. The lowest BCUT2D eigenvalue weighted by Crippen LogP contribution is -2.44. The van der Waals surface area contributed by atoms with E-state index in [1.165, 1.54) is 12.1 Å². The van der Waals surface area contributed by atoms with Crippen molar-refractivity contribution in [3.63, 3.8) is 0 Å². The fraction of sp³-hybridized carbons (Fsp3) is 0.562. The Morgan fingerprint density at radius 1 is 1.22 bits per heavy atom. The first-order chi connectivity index (χ1) is 12.4. The van der Waals surface area contributed by atoms with Crippen LogP contribution in [-0.2, 0) is 14.8 Å². The monoisotopic (exact) mass is 412 g/mol. The van der Waals surface area contributed by atoms with E-state index in [-0.39, 0.29) is 19.1 Å². The van der Waals surface area contributed by atoms with E-state index in [1.54, 1.807) is 6.92 Å². The van der Waals surface area contributed by atoms with Crippen molar-refractivity contribution in [3.8, 4) is 5.75 Å². The summed E-state index contributed by atoms with van der Waals surface area (Å²) >= 11 is 0. The van der Waals surface area contributed by atoms with E-state index in [2.05, 4.69) is 14.8 Å². The van der Waals surface area contributed by atoms with Crippen LogP contribution in [0.3, 0.4) is 0 Å². The highest BCUT2D eigenvalue weighted by molar-refractivity contribution is 7.89. The van der Waals surface area contributed by atoms with Crippen molar-refractivity contribution in [1.82, 2.24) is 10.0 Å². The zero-order valence-corrected chi connectivity index (χ0v) is 16.0. The number of hydrogen-bond acceptors (Lipinski definition) is 5. The second-order valence-corrected chi connectivity index (χ2v) is 7.77. The summed E-state index contributed by atoms with van der Waals surface area (Å²) < 4.78 is 73.1. The number of para-hydroxylation sites is 1. The van der Waals surface area contributed by atoms with Crippen LogP contribution in [0.15, 0.2) is 29.2 Å². The minimum Gasteiger partial charge on any atom is -0.450 e. The maximum atomic E-state index is 12.5. The normalized spacial score (nSPS) is 13.3. The summed E-state index contributed by atoms with van der Waals surface area (Å²) in [7, 11) is -4.31. The number of carbonyl (C=O) groups is 1. The van der Waals surface area contributed by atoms with Gasteiger partial charge in [-0.25, -0.2) is 17.9 Å². The second kappa shape index (κ2) is 9.79. The number of benzene rings is 1. The fourth-order valence-corrected chi connectivity index (χ4v) is 3.48. The Bertz CT molecular complexity index is 723. The van der Waals surface area contributed by atoms with Crippen molar-refractivity contribution in [1.29, 1.82) is 0 Å². The quantitative estimate of drug-likeness (QED) is 0.650. The standard InChI is InChI=1S/C16H23F3N2O5S/c1-4-25-15(22)21-12(9-11(2)3)10-20-27(23,24)14-8-6-5-7-13(14)26-16(17,18)19/h5-8,11-12,20H,4,9-10H2,1-3H3,(H,21,22). The van der Waals surface area contributed by atoms with Gasteiger partial charge in [-0.3, -0.25) is 0 Å². The van der Waals surface area contributed by atoms with Crippen molar-refractivity contribution in [2.45, 2.75) is 44.5 Å². The molecule has 0 aromatic heterocycles. The van der Waals surface area contributed by atoms with Gasteiger partial charge in [0.05, 0.1) is 6.61 Å². The van der Waals surface area contributed by atoms with Crippen LogP contribution in [-0.4, -0.2) is 40.1 Å². The summed E-state index contributed by atoms with van der Waals surface area (Å²) in [6, 6.07) is 3.81. The molecule has 0 fully saturated rings. The molecular weight excluding hydrogens is 389 g/mol. The molecule has 0 bridgehead atoms. The van der Waals surface area contributed by atoms with Crippen LogP contribution in [0.4, 0.5) is 18.0 Å². The molecule has 0 saturated carbocycles. The van der Waals surface area contributed by atoms with Crippen molar-refractivity contribution < 1.29 is 35.9 Å². The van der Waals surface area contributed by atoms with E-state index < -0.39 is 39.2 Å². The molecule has 0 aliphatic carbocycles. The van der Waals surface area contributed by atoms with Gasteiger partial charge in [0.25, 0.3) is 0 Å². The lowest BCUT2D eigenvalue weighted by molar-refractivity contribution is -0.275. The fourth-order valence-electron chi connectivity index (χ4n) is 2.27. The first-order valence-corrected chi connectivity index (χ1v) is 9.70. The van der Waals surface area contributed by atoms with E-state index in [0.717, 1.165) is 12.1 Å². The Kier molecular flexibility index (Phi) is 8.35. The summed E-state index contributed by atoms with van der Waals surface area (Å²) in [5, 5.41) is 2.53. The molecule has 1 rings (SSSR count). The maximum Gasteiger partial charge on any atom is 0.573 e. The van der Waals surface area contributed by atoms with Gasteiger partial charge in [0.2, 0.25) is 10.0 Å². The van der Waals surface area contributed by atoms with Crippen LogP contribution in [0.5, 0.6) is 5.75 Å². The molecule has 154 valence electrons. The van der Waals surface area contributed by atoms with Gasteiger partial charge >= 0.3 is 12.5 Å². The van der Waals surface area contributed by atoms with Gasteiger partial charge < -0.3 is 14.8 Å². The van der Waals surface area contributed by atoms with Gasteiger partial charge in [-0.2, -0.15) is 0 Å². The van der Waals surface area contributed by atoms with Crippen molar-refractivity contribution in [3.05, 3.63) is 24.3 Å². The molecule has 0 aliphatic heterocycles. The molecule has 2 N–H and O–H groups in total. The Labute approximate surface area is 156 Å². The van der Waals surface area contributed by atoms with Gasteiger partial charge in [0, 0.05) is 12.6 Å². The SMILES string of the molecule is CCOC(=O)NC(CNS(=O)(=O)c1ccccc1OC(F)(F)F)CC(C)C. The predicted molar refractivity (Wildman–Crippen MR) is 91.7 cm³/mol. The van der Waals surface area contributed by atoms with Gasteiger partial charge in [0.15, 0.2) is 0 Å². The van der Waals surface area contributed by atoms with E-state index in [9.17, 15) is 26.4 Å². The number of rotatable bonds is 9. The zero-order chi connectivity index (χ0) is 20.7. The molecule has 7 nitrogen and oxygen atoms in total. The number of hydrogen-bond donors (Lipinski definition) is 2. The van der Waals surface area contributed by atoms with Crippen LogP contribution in [0.1, 0.15) is 27.2 Å². The maximum absolute atomic E-state index is 12.5. The number of amides is 1. The molecule has 1 aromatic carbocycles. The molecule has 0 radical (unpaired) electrons. The first kappa shape index (κ1) is 23.0. The van der Waals surface area contributed by atoms with Crippen LogP contribution >= 0.6 is 0 Å². The van der Waals surface area contributed by atoms with Crippen molar-refractivity contribution in [2.24, 2.45) is 5.92 Å². The Morgan fingerprint density at radius 3 is 2.41 bits per heavy atom. The highest BCUT2D eigenvalue weighted by Gasteiger charge is 2.34. The van der Waals surface area contributed by atoms with E-state index in [1.807, 2.05) is 13.8 Å². The number of ether oxygens (including phenoxy) is 2. The summed E-state index contributed by atoms with van der Waals surface area (Å²) in [6.07, 6.45) is -5.30. The van der Waals surface area contributed by atoms with Crippen LogP contribution < -0.4 is 14.8 Å². The third-order valence-electron chi connectivity index (χ3n) is 3.24. The highest BCUT2D eigenvalue weighted by atomic mass is 32.2. The van der Waals surface area contributed by atoms with Crippen molar-refractivity contribution >= 4 is 16.1 Å². The molecule has 0 saturated heterocycles. The summed E-state index contributed by atoms with van der Waals surface area (Å²) in [5.74, 6) is -0.710. The molecule has 1 unspecified atom stereocenters. The zero-order valence-electron chi connectivity index (χ0n) is 15.2. The summed E-state index contributed by atoms with van der Waals surface area (Å²) in [4.78, 5) is 10.9. The topological polar surface area (TPSA) is 93.7 Å². The average molecular weight is 412 g/mol. The lowest BCUT2D eigenvalue weighted by atomic mass is 10.0. The molecule has 0 heterocycles. The number of sulfonamides is 1. The van der Waals surface area contributed by atoms with E-state index in [4.69, 9.17) is 4.74 Å². The average Bonchev–Trinajstić information content (AvgIpc) is 2.51. The minimum absolute atomic E-state index is 0.127. The third-order valence-corrected chi connectivity index (χ3v) is 4.70. The molecule has 0 spiro atoms. The van der Waals surface area contributed by atoms with Gasteiger partial charge in [-0.05, 0) is 31.4 Å². The van der Waals surface area contributed by atoms with E-state index in [0.29, 0.717) is 6.42 Å². The molecular formula is C16H23F3N2O5S. The van der Waals surface area contributed by atoms with Crippen LogP contribution in [0.2, 0.25) is 0 Å². The molecule has 0 aliphatic rings. The predicted octanol–water partition coefficient (Wildman–Crippen LogP) is 3.02. The number of alkyl halides is 3. The summed E-state index contributed by atoms with van der Waals surface area (Å²) in [6.45, 7) is 5.30. The molecule has 11 heteroatoms. The van der Waals surface area contributed by atoms with Gasteiger partial charge in [0.1, 0.15) is 10.6 Å². The molecule has 1 aromatic rings. The smallest absolute Gasteiger partial charge is 0.450 e. The number of carbonyl (C=O) groups excluding carboxylic acids is 1. The van der Waals surface area contributed by atoms with Gasteiger partial charge in [-0.1, -0.05) is 26.0 Å². The van der Waals surface area contributed by atoms with Crippen LogP contribution in [0, 0.1) is 5.92 Å². The van der Waals surface area contributed by atoms with E-state index >= 15 is 0 Å². The van der Waals surface area contributed by atoms with Crippen molar-refractivity contribution in [2.75, 3.05) is 13.2 Å². The molecule has 27 heavy (non-hydrogen) atoms. The largest absolute Gasteiger partial charge is 0.573 e. The number of halogens is 3. The number of nitrogens with one attached hydrogen (secondary N) is 2. The number of alkyl carbamates (subject to hydrolysis) is 1. The van der Waals surface area contributed by atoms with Gasteiger partial charge in [-0.15, -0.1) is 13.2 Å². The van der Waals surface area contributed by atoms with Crippen LogP contribution in [0.25, 0.3) is 0 Å². The molecule has 1 atom stereocenters. The molecule has 1 amide bonds. The Morgan fingerprint density at radius 2 is 1.85 bits per heavy atom.